The Morgan fingerprint density at radius 3 is 2.85 bits per heavy atom. The van der Waals surface area contributed by atoms with Crippen molar-refractivity contribution in [3.8, 4) is 0 Å². The largest absolute Gasteiger partial charge is 0.324 e. The number of anilines is 1. The van der Waals surface area contributed by atoms with E-state index in [9.17, 15) is 9.59 Å². The van der Waals surface area contributed by atoms with Crippen LogP contribution in [0.4, 0.5) is 5.69 Å². The lowest BCUT2D eigenvalue weighted by Gasteiger charge is -2.29. The molecule has 2 saturated heterocycles. The van der Waals surface area contributed by atoms with Crippen molar-refractivity contribution in [1.82, 2.24) is 4.90 Å². The summed E-state index contributed by atoms with van der Waals surface area (Å²) in [4.78, 5) is 25.9. The third-order valence-corrected chi connectivity index (χ3v) is 5.62. The highest BCUT2D eigenvalue weighted by Gasteiger charge is 2.52. The van der Waals surface area contributed by atoms with E-state index in [0.717, 1.165) is 6.42 Å². The molecule has 0 aliphatic carbocycles. The summed E-state index contributed by atoms with van der Waals surface area (Å²) in [6, 6.07) is 6.59. The molecule has 1 aromatic carbocycles. The first kappa shape index (κ1) is 13.8. The van der Waals surface area contributed by atoms with Crippen molar-refractivity contribution >= 4 is 40.9 Å². The molecular formula is C14H15ClN2O2S. The maximum absolute atomic E-state index is 12.4. The molecule has 1 aromatic rings. The number of hydrogen-bond donors (Lipinski definition) is 1. The van der Waals surface area contributed by atoms with E-state index in [1.807, 2.05) is 6.92 Å². The Bertz CT molecular complexity index is 563. The van der Waals surface area contributed by atoms with E-state index in [2.05, 4.69) is 5.32 Å². The summed E-state index contributed by atoms with van der Waals surface area (Å²) in [6.45, 7) is 2.04. The van der Waals surface area contributed by atoms with Gasteiger partial charge in [-0.25, -0.2) is 0 Å². The predicted octanol–water partition coefficient (Wildman–Crippen LogP) is 2.73. The van der Waals surface area contributed by atoms with Crippen LogP contribution in [0.5, 0.6) is 0 Å². The Hall–Kier alpha value is -1.20. The minimum atomic E-state index is -0.379. The van der Waals surface area contributed by atoms with Crippen molar-refractivity contribution in [3.05, 3.63) is 29.3 Å². The number of halogens is 1. The average Bonchev–Trinajstić information content (AvgIpc) is 2.90. The molecule has 3 rings (SSSR count). The highest BCUT2D eigenvalue weighted by Crippen LogP contribution is 2.47. The summed E-state index contributed by atoms with van der Waals surface area (Å²) in [5.41, 5.74) is 0.699. The average molecular weight is 311 g/mol. The van der Waals surface area contributed by atoms with Gasteiger partial charge < -0.3 is 10.2 Å². The molecule has 2 fully saturated rings. The molecule has 20 heavy (non-hydrogen) atoms. The molecule has 0 aromatic heterocycles. The van der Waals surface area contributed by atoms with E-state index >= 15 is 0 Å². The molecule has 0 radical (unpaired) electrons. The van der Waals surface area contributed by atoms with Crippen LogP contribution in [-0.4, -0.2) is 33.4 Å². The van der Waals surface area contributed by atoms with Gasteiger partial charge in [0.2, 0.25) is 11.8 Å². The lowest BCUT2D eigenvalue weighted by atomic mass is 10.2. The van der Waals surface area contributed by atoms with Crippen LogP contribution in [0.1, 0.15) is 19.8 Å². The van der Waals surface area contributed by atoms with Crippen molar-refractivity contribution in [3.63, 3.8) is 0 Å². The maximum atomic E-state index is 12.4. The van der Waals surface area contributed by atoms with Crippen LogP contribution in [0.15, 0.2) is 24.3 Å². The molecule has 2 amide bonds. The number of fused-ring (bicyclic) bond motifs is 1. The minimum Gasteiger partial charge on any atom is -0.324 e. The minimum absolute atomic E-state index is 0.0776. The zero-order chi connectivity index (χ0) is 14.3. The standard InChI is InChI=1S/C14H15ClN2O2S/c1-14-7-6-12(18)17(14)11(8-20-14)13(19)16-10-4-2-9(15)3-5-10/h2-5,11H,6-8H2,1H3,(H,16,19)/t11-,14-/m0/s1. The molecule has 106 valence electrons. The van der Waals surface area contributed by atoms with E-state index in [0.29, 0.717) is 22.9 Å². The quantitative estimate of drug-likeness (QED) is 0.914. The van der Waals surface area contributed by atoms with E-state index in [4.69, 9.17) is 11.6 Å². The number of nitrogens with one attached hydrogen (secondary N) is 1. The first-order chi connectivity index (χ1) is 9.49. The lowest BCUT2D eigenvalue weighted by Crippen LogP contribution is -2.48. The van der Waals surface area contributed by atoms with E-state index in [-0.39, 0.29) is 22.7 Å². The van der Waals surface area contributed by atoms with E-state index in [1.165, 1.54) is 0 Å². The lowest BCUT2D eigenvalue weighted by molar-refractivity contribution is -0.135. The highest BCUT2D eigenvalue weighted by molar-refractivity contribution is 8.01. The van der Waals surface area contributed by atoms with Crippen LogP contribution >= 0.6 is 23.4 Å². The number of carbonyl (C=O) groups is 2. The second kappa shape index (κ2) is 4.97. The molecule has 2 heterocycles. The monoisotopic (exact) mass is 310 g/mol. The molecule has 2 aliphatic rings. The SMILES string of the molecule is C[C@]12CCC(=O)N1[C@H](C(=O)Nc1ccc(Cl)cc1)CS2. The third-order valence-electron chi connectivity index (χ3n) is 3.86. The summed E-state index contributed by atoms with van der Waals surface area (Å²) in [5, 5.41) is 3.48. The Morgan fingerprint density at radius 2 is 2.15 bits per heavy atom. The van der Waals surface area contributed by atoms with Crippen molar-refractivity contribution < 1.29 is 9.59 Å². The van der Waals surface area contributed by atoms with Gasteiger partial charge in [0, 0.05) is 22.9 Å². The summed E-state index contributed by atoms with van der Waals surface area (Å²) in [7, 11) is 0. The fourth-order valence-electron chi connectivity index (χ4n) is 2.77. The Morgan fingerprint density at radius 1 is 1.45 bits per heavy atom. The van der Waals surface area contributed by atoms with Gasteiger partial charge in [-0.2, -0.15) is 0 Å². The Kier molecular flexibility index (Phi) is 3.42. The van der Waals surface area contributed by atoms with Gasteiger partial charge in [-0.3, -0.25) is 9.59 Å². The zero-order valence-electron chi connectivity index (χ0n) is 11.1. The Balaban J connectivity index is 1.75. The Labute approximate surface area is 126 Å². The molecule has 4 nitrogen and oxygen atoms in total. The fraction of sp³-hybridized carbons (Fsp3) is 0.429. The van der Waals surface area contributed by atoms with Crippen molar-refractivity contribution in [1.29, 1.82) is 0 Å². The number of thioether (sulfide) groups is 1. The van der Waals surface area contributed by atoms with Crippen LogP contribution < -0.4 is 5.32 Å². The summed E-state index contributed by atoms with van der Waals surface area (Å²) in [6.07, 6.45) is 1.36. The molecule has 2 aliphatic heterocycles. The van der Waals surface area contributed by atoms with Crippen molar-refractivity contribution in [2.24, 2.45) is 0 Å². The molecule has 0 spiro atoms. The van der Waals surface area contributed by atoms with Gasteiger partial charge in [-0.1, -0.05) is 11.6 Å². The maximum Gasteiger partial charge on any atom is 0.248 e. The van der Waals surface area contributed by atoms with Crippen LogP contribution in [0.3, 0.4) is 0 Å². The van der Waals surface area contributed by atoms with Gasteiger partial charge >= 0.3 is 0 Å². The summed E-state index contributed by atoms with van der Waals surface area (Å²) < 4.78 is 0. The van der Waals surface area contributed by atoms with E-state index in [1.54, 1.807) is 40.9 Å². The normalized spacial score (nSPS) is 28.6. The molecule has 0 saturated carbocycles. The molecular weight excluding hydrogens is 296 g/mol. The van der Waals surface area contributed by atoms with E-state index < -0.39 is 0 Å². The first-order valence-corrected chi connectivity index (χ1v) is 7.88. The topological polar surface area (TPSA) is 49.4 Å². The number of hydrogen-bond acceptors (Lipinski definition) is 3. The second-order valence-corrected chi connectivity index (χ2v) is 7.20. The van der Waals surface area contributed by atoms with Crippen molar-refractivity contribution in [2.75, 3.05) is 11.1 Å². The van der Waals surface area contributed by atoms with Crippen LogP contribution in [-0.2, 0) is 9.59 Å². The number of nitrogens with zero attached hydrogens (tertiary/aromatic N) is 1. The van der Waals surface area contributed by atoms with Gasteiger partial charge in [0.05, 0.1) is 4.87 Å². The smallest absolute Gasteiger partial charge is 0.248 e. The molecule has 2 atom stereocenters. The van der Waals surface area contributed by atoms with Crippen LogP contribution in [0.25, 0.3) is 0 Å². The first-order valence-electron chi connectivity index (χ1n) is 6.52. The number of carbonyl (C=O) groups excluding carboxylic acids is 2. The van der Waals surface area contributed by atoms with Gasteiger partial charge in [0.25, 0.3) is 0 Å². The molecule has 6 heteroatoms. The van der Waals surface area contributed by atoms with Crippen LogP contribution in [0.2, 0.25) is 5.02 Å². The zero-order valence-corrected chi connectivity index (χ0v) is 12.6. The predicted molar refractivity (Wildman–Crippen MR) is 80.8 cm³/mol. The molecule has 0 bridgehead atoms. The fourth-order valence-corrected chi connectivity index (χ4v) is 4.33. The molecule has 0 unspecified atom stereocenters. The molecule has 1 N–H and O–H groups in total. The van der Waals surface area contributed by atoms with Gasteiger partial charge in [-0.05, 0) is 37.6 Å². The highest BCUT2D eigenvalue weighted by atomic mass is 35.5. The number of rotatable bonds is 2. The van der Waals surface area contributed by atoms with Crippen LogP contribution in [0, 0.1) is 0 Å². The van der Waals surface area contributed by atoms with Gasteiger partial charge in [-0.15, -0.1) is 11.8 Å². The third kappa shape index (κ3) is 2.29. The number of benzene rings is 1. The van der Waals surface area contributed by atoms with Gasteiger partial charge in [0.15, 0.2) is 0 Å². The van der Waals surface area contributed by atoms with Gasteiger partial charge in [0.1, 0.15) is 6.04 Å². The summed E-state index contributed by atoms with van der Waals surface area (Å²) >= 11 is 7.51. The van der Waals surface area contributed by atoms with Crippen molar-refractivity contribution in [2.45, 2.75) is 30.7 Å². The number of amides is 2. The second-order valence-electron chi connectivity index (χ2n) is 5.26. The summed E-state index contributed by atoms with van der Waals surface area (Å²) in [5.74, 6) is 0.606.